The van der Waals surface area contributed by atoms with E-state index in [1.54, 1.807) is 25.3 Å². The van der Waals surface area contributed by atoms with Gasteiger partial charge in [-0.1, -0.05) is 37.4 Å². The molecule has 2 rings (SSSR count). The maximum atomic E-state index is 12.5. The third kappa shape index (κ3) is 4.20. The Balaban J connectivity index is 2.12. The molecular weight excluding hydrogens is 330 g/mol. The van der Waals surface area contributed by atoms with Crippen LogP contribution in [0.2, 0.25) is 5.02 Å². The zero-order valence-electron chi connectivity index (χ0n) is 14.4. The lowest BCUT2D eigenvalue weighted by molar-refractivity contribution is -0.153. The Bertz CT molecular complexity index is 619. The third-order valence-corrected chi connectivity index (χ3v) is 4.92. The number of ether oxygens (including phenoxy) is 2. The van der Waals surface area contributed by atoms with E-state index < -0.39 is 5.54 Å². The highest BCUT2D eigenvalue weighted by Crippen LogP contribution is 2.33. The molecule has 1 amide bonds. The molecule has 1 N–H and O–H groups in total. The van der Waals surface area contributed by atoms with Crippen LogP contribution in [0.1, 0.15) is 38.2 Å². The van der Waals surface area contributed by atoms with Gasteiger partial charge in [0.15, 0.2) is 0 Å². The molecule has 0 bridgehead atoms. The van der Waals surface area contributed by atoms with Crippen molar-refractivity contribution in [3.63, 3.8) is 0 Å². The van der Waals surface area contributed by atoms with Gasteiger partial charge >= 0.3 is 5.97 Å². The molecule has 1 saturated carbocycles. The lowest BCUT2D eigenvalue weighted by atomic mass is 9.76. The topological polar surface area (TPSA) is 64.6 Å². The van der Waals surface area contributed by atoms with Gasteiger partial charge in [-0.05, 0) is 36.5 Å². The quantitative estimate of drug-likeness (QED) is 0.826. The van der Waals surface area contributed by atoms with Crippen molar-refractivity contribution in [1.29, 1.82) is 0 Å². The molecule has 1 aliphatic rings. The van der Waals surface area contributed by atoms with Crippen molar-refractivity contribution in [2.24, 2.45) is 5.92 Å². The Kier molecular flexibility index (Phi) is 6.10. The van der Waals surface area contributed by atoms with Crippen LogP contribution in [-0.2, 0) is 20.7 Å². The summed E-state index contributed by atoms with van der Waals surface area (Å²) in [5.74, 6) is 0.392. The molecule has 1 aromatic rings. The van der Waals surface area contributed by atoms with Crippen LogP contribution in [0, 0.1) is 5.92 Å². The Morgan fingerprint density at radius 2 is 2.12 bits per heavy atom. The molecule has 0 heterocycles. The summed E-state index contributed by atoms with van der Waals surface area (Å²) in [6, 6.07) is 5.19. The number of halogens is 1. The number of carbonyl (C=O) groups is 2. The normalized spacial score (nSPS) is 23.4. The highest BCUT2D eigenvalue weighted by Gasteiger charge is 2.44. The van der Waals surface area contributed by atoms with Crippen molar-refractivity contribution < 1.29 is 19.1 Å². The fourth-order valence-corrected chi connectivity index (χ4v) is 3.62. The van der Waals surface area contributed by atoms with E-state index in [1.165, 1.54) is 7.11 Å². The van der Waals surface area contributed by atoms with Gasteiger partial charge in [-0.25, -0.2) is 4.79 Å². The fraction of sp³-hybridized carbons (Fsp3) is 0.556. The van der Waals surface area contributed by atoms with Gasteiger partial charge in [0, 0.05) is 5.02 Å². The summed E-state index contributed by atoms with van der Waals surface area (Å²) < 4.78 is 10.1. The van der Waals surface area contributed by atoms with Crippen LogP contribution in [0.25, 0.3) is 0 Å². The van der Waals surface area contributed by atoms with E-state index >= 15 is 0 Å². The minimum atomic E-state index is -0.928. The second-order valence-electron chi connectivity index (χ2n) is 6.46. The number of carbonyl (C=O) groups excluding carboxylic acids is 2. The average Bonchev–Trinajstić information content (AvgIpc) is 2.55. The molecule has 0 aromatic heterocycles. The van der Waals surface area contributed by atoms with Crippen molar-refractivity contribution in [1.82, 2.24) is 5.32 Å². The molecular formula is C18H24ClNO4. The van der Waals surface area contributed by atoms with Crippen molar-refractivity contribution in [3.8, 4) is 5.75 Å². The second kappa shape index (κ2) is 7.88. The third-order valence-electron chi connectivity index (χ3n) is 4.56. The van der Waals surface area contributed by atoms with Gasteiger partial charge in [0.25, 0.3) is 0 Å². The van der Waals surface area contributed by atoms with E-state index in [0.717, 1.165) is 12.8 Å². The SMILES string of the molecule is COC(=O)C1(NC(=O)Cc2ccc(OC)cc2Cl)CCCC(C)C1. The number of hydrogen-bond donors (Lipinski definition) is 1. The van der Waals surface area contributed by atoms with Crippen LogP contribution in [-0.4, -0.2) is 31.6 Å². The fourth-order valence-electron chi connectivity index (χ4n) is 3.38. The van der Waals surface area contributed by atoms with Gasteiger partial charge < -0.3 is 14.8 Å². The van der Waals surface area contributed by atoms with Crippen LogP contribution in [0.3, 0.4) is 0 Å². The number of benzene rings is 1. The van der Waals surface area contributed by atoms with Crippen molar-refractivity contribution in [2.45, 2.75) is 44.6 Å². The Morgan fingerprint density at radius 1 is 1.38 bits per heavy atom. The number of rotatable bonds is 5. The molecule has 0 radical (unpaired) electrons. The molecule has 24 heavy (non-hydrogen) atoms. The molecule has 0 aliphatic heterocycles. The minimum absolute atomic E-state index is 0.107. The standard InChI is InChI=1S/C18H24ClNO4/c1-12-5-4-8-18(11-12,17(22)24-3)20-16(21)9-13-6-7-14(23-2)10-15(13)19/h6-7,10,12H,4-5,8-9,11H2,1-3H3,(H,20,21). The number of nitrogens with one attached hydrogen (secondary N) is 1. The Hall–Kier alpha value is -1.75. The highest BCUT2D eigenvalue weighted by atomic mass is 35.5. The zero-order chi connectivity index (χ0) is 17.7. The molecule has 1 aromatic carbocycles. The first-order chi connectivity index (χ1) is 11.4. The molecule has 0 saturated heterocycles. The minimum Gasteiger partial charge on any atom is -0.497 e. The van der Waals surface area contributed by atoms with Crippen molar-refractivity contribution in [3.05, 3.63) is 28.8 Å². The second-order valence-corrected chi connectivity index (χ2v) is 6.86. The summed E-state index contributed by atoms with van der Waals surface area (Å²) in [5, 5.41) is 3.38. The van der Waals surface area contributed by atoms with Gasteiger partial charge in [0.05, 0.1) is 20.6 Å². The summed E-state index contributed by atoms with van der Waals surface area (Å²) >= 11 is 6.19. The average molecular weight is 354 g/mol. The highest BCUT2D eigenvalue weighted by molar-refractivity contribution is 6.31. The molecule has 0 spiro atoms. The first-order valence-electron chi connectivity index (χ1n) is 8.12. The van der Waals surface area contributed by atoms with E-state index in [2.05, 4.69) is 12.2 Å². The van der Waals surface area contributed by atoms with Gasteiger partial charge in [0.2, 0.25) is 5.91 Å². The molecule has 1 aliphatic carbocycles. The molecule has 6 heteroatoms. The van der Waals surface area contributed by atoms with Crippen LogP contribution in [0.4, 0.5) is 0 Å². The summed E-state index contributed by atoms with van der Waals surface area (Å²) in [5.41, 5.74) is -0.235. The molecule has 132 valence electrons. The lowest BCUT2D eigenvalue weighted by Gasteiger charge is -2.38. The molecule has 2 unspecified atom stereocenters. The van der Waals surface area contributed by atoms with Crippen molar-refractivity contribution in [2.75, 3.05) is 14.2 Å². The summed E-state index contributed by atoms with van der Waals surface area (Å²) in [4.78, 5) is 24.8. The van der Waals surface area contributed by atoms with Crippen LogP contribution in [0.5, 0.6) is 5.75 Å². The Labute approximate surface area is 147 Å². The maximum Gasteiger partial charge on any atom is 0.331 e. The van der Waals surface area contributed by atoms with Crippen LogP contribution >= 0.6 is 11.6 Å². The van der Waals surface area contributed by atoms with E-state index in [-0.39, 0.29) is 18.3 Å². The van der Waals surface area contributed by atoms with Gasteiger partial charge in [0.1, 0.15) is 11.3 Å². The van der Waals surface area contributed by atoms with E-state index in [9.17, 15) is 9.59 Å². The monoisotopic (exact) mass is 353 g/mol. The molecule has 5 nitrogen and oxygen atoms in total. The van der Waals surface area contributed by atoms with E-state index in [4.69, 9.17) is 21.1 Å². The summed E-state index contributed by atoms with van der Waals surface area (Å²) in [6.07, 6.45) is 3.25. The number of esters is 1. The summed E-state index contributed by atoms with van der Waals surface area (Å²) in [6.45, 7) is 2.09. The van der Waals surface area contributed by atoms with Crippen molar-refractivity contribution >= 4 is 23.5 Å². The number of amides is 1. The zero-order valence-corrected chi connectivity index (χ0v) is 15.1. The molecule has 2 atom stereocenters. The molecule has 1 fully saturated rings. The first-order valence-corrected chi connectivity index (χ1v) is 8.50. The number of methoxy groups -OCH3 is 2. The number of hydrogen-bond acceptors (Lipinski definition) is 4. The summed E-state index contributed by atoms with van der Waals surface area (Å²) in [7, 11) is 2.91. The van der Waals surface area contributed by atoms with E-state index in [0.29, 0.717) is 35.1 Å². The maximum absolute atomic E-state index is 12.5. The lowest BCUT2D eigenvalue weighted by Crippen LogP contribution is -2.57. The van der Waals surface area contributed by atoms with Gasteiger partial charge in [-0.15, -0.1) is 0 Å². The van der Waals surface area contributed by atoms with Gasteiger partial charge in [-0.3, -0.25) is 4.79 Å². The largest absolute Gasteiger partial charge is 0.497 e. The van der Waals surface area contributed by atoms with Crippen LogP contribution in [0.15, 0.2) is 18.2 Å². The predicted molar refractivity (Wildman–Crippen MR) is 92.2 cm³/mol. The van der Waals surface area contributed by atoms with Crippen LogP contribution < -0.4 is 10.1 Å². The Morgan fingerprint density at radius 3 is 2.71 bits per heavy atom. The van der Waals surface area contributed by atoms with Gasteiger partial charge in [-0.2, -0.15) is 0 Å². The van der Waals surface area contributed by atoms with E-state index in [1.807, 2.05) is 0 Å². The predicted octanol–water partition coefficient (Wildman–Crippen LogP) is 3.13. The first kappa shape index (κ1) is 18.6. The smallest absolute Gasteiger partial charge is 0.331 e.